The van der Waals surface area contributed by atoms with Crippen LogP contribution in [0, 0.1) is 11.2 Å². The van der Waals surface area contributed by atoms with Crippen molar-refractivity contribution in [3.05, 3.63) is 35.6 Å². The van der Waals surface area contributed by atoms with Gasteiger partial charge in [-0.15, -0.1) is 0 Å². The number of amides is 1. The summed E-state index contributed by atoms with van der Waals surface area (Å²) < 4.78 is 18.4. The van der Waals surface area contributed by atoms with Gasteiger partial charge in [0.05, 0.1) is 18.1 Å². The van der Waals surface area contributed by atoms with Gasteiger partial charge in [-0.3, -0.25) is 4.79 Å². The monoisotopic (exact) mass is 310 g/mol. The molecule has 1 atom stereocenters. The number of carbonyl (C=O) groups is 1. The maximum atomic E-state index is 13.2. The maximum Gasteiger partial charge on any atom is 0.228 e. The molecule has 1 aromatic carbocycles. The van der Waals surface area contributed by atoms with Crippen molar-refractivity contribution < 1.29 is 19.0 Å². The second-order valence-corrected chi connectivity index (χ2v) is 5.74. The summed E-state index contributed by atoms with van der Waals surface area (Å²) >= 11 is 0. The normalized spacial score (nSPS) is 18.7. The second-order valence-electron chi connectivity index (χ2n) is 5.74. The van der Waals surface area contributed by atoms with E-state index in [1.54, 1.807) is 13.2 Å². The molecular formula is C16H23FN2O3. The summed E-state index contributed by atoms with van der Waals surface area (Å²) in [5, 5.41) is 16.1. The van der Waals surface area contributed by atoms with E-state index in [0.717, 1.165) is 13.1 Å². The van der Waals surface area contributed by atoms with Crippen LogP contribution in [-0.2, 0) is 9.53 Å². The van der Waals surface area contributed by atoms with Crippen LogP contribution in [0.3, 0.4) is 0 Å². The van der Waals surface area contributed by atoms with Crippen molar-refractivity contribution in [3.63, 3.8) is 0 Å². The van der Waals surface area contributed by atoms with E-state index in [-0.39, 0.29) is 12.5 Å². The summed E-state index contributed by atoms with van der Waals surface area (Å²) in [5.41, 5.74) is -0.104. The van der Waals surface area contributed by atoms with Gasteiger partial charge in [-0.1, -0.05) is 12.1 Å². The fraction of sp³-hybridized carbons (Fsp3) is 0.562. The number of carbonyl (C=O) groups excluding carboxylic acids is 1. The van der Waals surface area contributed by atoms with Crippen LogP contribution in [0.4, 0.5) is 4.39 Å². The predicted octanol–water partition coefficient (Wildman–Crippen LogP) is 0.991. The lowest BCUT2D eigenvalue weighted by molar-refractivity contribution is -0.136. The van der Waals surface area contributed by atoms with E-state index < -0.39 is 17.3 Å². The highest BCUT2D eigenvalue weighted by atomic mass is 19.1. The number of ether oxygens (including phenoxy) is 1. The minimum absolute atomic E-state index is 0.0567. The standard InChI is InChI=1S/C16H23FN2O3/c1-22-11-16(5-7-18-8-6-16)15(21)19-10-14(20)12-3-2-4-13(17)9-12/h2-4,9,14,18,20H,5-8,10-11H2,1H3,(H,19,21). The highest BCUT2D eigenvalue weighted by molar-refractivity contribution is 5.83. The van der Waals surface area contributed by atoms with Crippen LogP contribution in [0.5, 0.6) is 0 Å². The van der Waals surface area contributed by atoms with E-state index in [0.29, 0.717) is 25.0 Å². The molecule has 1 fully saturated rings. The summed E-state index contributed by atoms with van der Waals surface area (Å²) in [6.45, 7) is 1.95. The van der Waals surface area contributed by atoms with Crippen molar-refractivity contribution in [1.82, 2.24) is 10.6 Å². The van der Waals surface area contributed by atoms with Crippen molar-refractivity contribution in [2.45, 2.75) is 18.9 Å². The molecule has 1 unspecified atom stereocenters. The van der Waals surface area contributed by atoms with Crippen molar-refractivity contribution in [3.8, 4) is 0 Å². The third-order valence-electron chi connectivity index (χ3n) is 4.15. The fourth-order valence-corrected chi connectivity index (χ4v) is 2.83. The van der Waals surface area contributed by atoms with E-state index in [4.69, 9.17) is 4.74 Å². The maximum absolute atomic E-state index is 13.2. The Balaban J connectivity index is 1.95. The number of halogens is 1. The molecule has 1 aromatic rings. The first-order valence-electron chi connectivity index (χ1n) is 7.49. The molecule has 1 heterocycles. The molecule has 2 rings (SSSR count). The summed E-state index contributed by atoms with van der Waals surface area (Å²) in [4.78, 5) is 12.5. The molecule has 1 aliphatic heterocycles. The molecule has 3 N–H and O–H groups in total. The third-order valence-corrected chi connectivity index (χ3v) is 4.15. The number of benzene rings is 1. The minimum atomic E-state index is -0.930. The Morgan fingerprint density at radius 1 is 1.50 bits per heavy atom. The summed E-state index contributed by atoms with van der Waals surface area (Å²) in [6, 6.07) is 5.76. The zero-order chi connectivity index (χ0) is 16.0. The third kappa shape index (κ3) is 4.03. The first-order chi connectivity index (χ1) is 10.6. The average Bonchev–Trinajstić information content (AvgIpc) is 2.53. The number of aliphatic hydroxyl groups excluding tert-OH is 1. The molecule has 0 aromatic heterocycles. The van der Waals surface area contributed by atoms with Crippen molar-refractivity contribution in [1.29, 1.82) is 0 Å². The first kappa shape index (κ1) is 16.9. The van der Waals surface area contributed by atoms with Gasteiger partial charge >= 0.3 is 0 Å². The topological polar surface area (TPSA) is 70.6 Å². The van der Waals surface area contributed by atoms with Gasteiger partial charge < -0.3 is 20.5 Å². The van der Waals surface area contributed by atoms with Crippen LogP contribution in [0.15, 0.2) is 24.3 Å². The Labute approximate surface area is 129 Å². The van der Waals surface area contributed by atoms with E-state index in [2.05, 4.69) is 10.6 Å². The summed E-state index contributed by atoms with van der Waals surface area (Å²) in [6.07, 6.45) is 0.465. The van der Waals surface area contributed by atoms with Crippen LogP contribution in [-0.4, -0.2) is 44.4 Å². The van der Waals surface area contributed by atoms with Crippen molar-refractivity contribution in [2.75, 3.05) is 33.4 Å². The first-order valence-corrected chi connectivity index (χ1v) is 7.49. The number of piperidine rings is 1. The van der Waals surface area contributed by atoms with Crippen LogP contribution >= 0.6 is 0 Å². The molecule has 0 aliphatic carbocycles. The largest absolute Gasteiger partial charge is 0.387 e. The molecular weight excluding hydrogens is 287 g/mol. The zero-order valence-electron chi connectivity index (χ0n) is 12.8. The molecule has 0 bridgehead atoms. The van der Waals surface area contributed by atoms with Gasteiger partial charge in [0.1, 0.15) is 5.82 Å². The molecule has 1 saturated heterocycles. The van der Waals surface area contributed by atoms with Gasteiger partial charge in [0.15, 0.2) is 0 Å². The Morgan fingerprint density at radius 2 is 2.23 bits per heavy atom. The lowest BCUT2D eigenvalue weighted by Crippen LogP contribution is -2.50. The highest BCUT2D eigenvalue weighted by Crippen LogP contribution is 2.29. The smallest absolute Gasteiger partial charge is 0.228 e. The molecule has 5 nitrogen and oxygen atoms in total. The number of hydrogen-bond donors (Lipinski definition) is 3. The van der Waals surface area contributed by atoms with Gasteiger partial charge in [-0.25, -0.2) is 4.39 Å². The highest BCUT2D eigenvalue weighted by Gasteiger charge is 2.39. The van der Waals surface area contributed by atoms with Gasteiger partial charge in [-0.2, -0.15) is 0 Å². The van der Waals surface area contributed by atoms with Gasteiger partial charge in [0, 0.05) is 13.7 Å². The lowest BCUT2D eigenvalue weighted by atomic mass is 9.78. The van der Waals surface area contributed by atoms with Crippen LogP contribution in [0.25, 0.3) is 0 Å². The molecule has 22 heavy (non-hydrogen) atoms. The number of nitrogens with one attached hydrogen (secondary N) is 2. The molecule has 0 spiro atoms. The SMILES string of the molecule is COCC1(C(=O)NCC(O)c2cccc(F)c2)CCNCC1. The van der Waals surface area contributed by atoms with Crippen LogP contribution in [0.2, 0.25) is 0 Å². The fourth-order valence-electron chi connectivity index (χ4n) is 2.83. The number of methoxy groups -OCH3 is 1. The zero-order valence-corrected chi connectivity index (χ0v) is 12.8. The minimum Gasteiger partial charge on any atom is -0.387 e. The number of rotatable bonds is 6. The van der Waals surface area contributed by atoms with Crippen LogP contribution in [0.1, 0.15) is 24.5 Å². The van der Waals surface area contributed by atoms with E-state index in [1.807, 2.05) is 0 Å². The summed E-state index contributed by atoms with van der Waals surface area (Å²) in [7, 11) is 1.58. The number of aliphatic hydroxyl groups is 1. The Kier molecular flexibility index (Phi) is 5.88. The average molecular weight is 310 g/mol. The van der Waals surface area contributed by atoms with E-state index in [9.17, 15) is 14.3 Å². The second kappa shape index (κ2) is 7.67. The number of hydrogen-bond acceptors (Lipinski definition) is 4. The van der Waals surface area contributed by atoms with E-state index in [1.165, 1.54) is 18.2 Å². The molecule has 6 heteroatoms. The van der Waals surface area contributed by atoms with E-state index >= 15 is 0 Å². The Bertz CT molecular complexity index is 498. The van der Waals surface area contributed by atoms with Crippen LogP contribution < -0.4 is 10.6 Å². The molecule has 1 aliphatic rings. The molecule has 1 amide bonds. The lowest BCUT2D eigenvalue weighted by Gasteiger charge is -2.35. The molecule has 122 valence electrons. The summed E-state index contributed by atoms with van der Waals surface area (Å²) in [5.74, 6) is -0.525. The Morgan fingerprint density at radius 3 is 2.86 bits per heavy atom. The predicted molar refractivity (Wildman–Crippen MR) is 80.8 cm³/mol. The van der Waals surface area contributed by atoms with Crippen molar-refractivity contribution in [2.24, 2.45) is 5.41 Å². The Hall–Kier alpha value is -1.50. The van der Waals surface area contributed by atoms with Crippen molar-refractivity contribution >= 4 is 5.91 Å². The van der Waals surface area contributed by atoms with Gasteiger partial charge in [-0.05, 0) is 43.6 Å². The van der Waals surface area contributed by atoms with Gasteiger partial charge in [0.2, 0.25) is 5.91 Å². The molecule has 0 saturated carbocycles. The molecule has 0 radical (unpaired) electrons. The quantitative estimate of drug-likeness (QED) is 0.733. The van der Waals surface area contributed by atoms with Gasteiger partial charge in [0.25, 0.3) is 0 Å².